The van der Waals surface area contributed by atoms with E-state index in [4.69, 9.17) is 5.73 Å². The molecule has 1 aromatic heterocycles. The predicted octanol–water partition coefficient (Wildman–Crippen LogP) is 4.77. The molecule has 1 atom stereocenters. The minimum Gasteiger partial charge on any atom is -0.366 e. The number of benzene rings is 3. The van der Waals surface area contributed by atoms with Crippen LogP contribution in [-0.4, -0.2) is 21.8 Å². The molecular weight excluding hydrogens is 414 g/mol. The van der Waals surface area contributed by atoms with Crippen LogP contribution in [0.3, 0.4) is 0 Å². The summed E-state index contributed by atoms with van der Waals surface area (Å²) in [4.78, 5) is 33.0. The van der Waals surface area contributed by atoms with Crippen LogP contribution >= 0.6 is 0 Å². The van der Waals surface area contributed by atoms with Crippen LogP contribution in [-0.2, 0) is 0 Å². The zero-order chi connectivity index (χ0) is 23.5. The van der Waals surface area contributed by atoms with Gasteiger partial charge in [0.1, 0.15) is 12.1 Å². The SMILES string of the molecule is Cc1ccc(C(=O)Nc2cccc([C@@H](C)Nc3ncnc4c(C(N)=O)cccc34)c2)cc1C. The Morgan fingerprint density at radius 2 is 1.73 bits per heavy atom. The highest BCUT2D eigenvalue weighted by atomic mass is 16.2. The van der Waals surface area contributed by atoms with Crippen molar-refractivity contribution in [2.24, 2.45) is 5.73 Å². The van der Waals surface area contributed by atoms with Crippen molar-refractivity contribution < 1.29 is 9.59 Å². The summed E-state index contributed by atoms with van der Waals surface area (Å²) in [5.41, 5.74) is 10.8. The Bertz CT molecular complexity index is 1370. The molecule has 0 aliphatic heterocycles. The van der Waals surface area contributed by atoms with E-state index in [0.717, 1.165) is 16.7 Å². The second-order valence-corrected chi connectivity index (χ2v) is 8.03. The molecule has 7 heteroatoms. The molecule has 33 heavy (non-hydrogen) atoms. The average Bonchev–Trinajstić information content (AvgIpc) is 2.80. The van der Waals surface area contributed by atoms with Gasteiger partial charge in [0.15, 0.2) is 0 Å². The summed E-state index contributed by atoms with van der Waals surface area (Å²) in [7, 11) is 0. The van der Waals surface area contributed by atoms with Gasteiger partial charge in [-0.1, -0.05) is 24.3 Å². The monoisotopic (exact) mass is 439 g/mol. The van der Waals surface area contributed by atoms with Crippen molar-refractivity contribution in [3.05, 3.63) is 94.8 Å². The molecule has 166 valence electrons. The maximum absolute atomic E-state index is 12.7. The topological polar surface area (TPSA) is 110 Å². The molecule has 0 saturated heterocycles. The molecule has 0 saturated carbocycles. The number of aromatic nitrogens is 2. The second-order valence-electron chi connectivity index (χ2n) is 8.03. The first-order valence-corrected chi connectivity index (χ1v) is 10.6. The zero-order valence-electron chi connectivity index (χ0n) is 18.7. The lowest BCUT2D eigenvalue weighted by Crippen LogP contribution is -2.14. The van der Waals surface area contributed by atoms with Gasteiger partial charge in [0.05, 0.1) is 17.1 Å². The maximum atomic E-state index is 12.7. The van der Waals surface area contributed by atoms with Gasteiger partial charge >= 0.3 is 0 Å². The largest absolute Gasteiger partial charge is 0.366 e. The molecule has 0 aliphatic carbocycles. The number of rotatable bonds is 6. The minimum absolute atomic E-state index is 0.126. The summed E-state index contributed by atoms with van der Waals surface area (Å²) >= 11 is 0. The van der Waals surface area contributed by atoms with Crippen molar-refractivity contribution in [2.45, 2.75) is 26.8 Å². The van der Waals surface area contributed by atoms with Crippen molar-refractivity contribution >= 4 is 34.2 Å². The quantitative estimate of drug-likeness (QED) is 0.401. The van der Waals surface area contributed by atoms with Crippen LogP contribution in [0, 0.1) is 13.8 Å². The Morgan fingerprint density at radius 1 is 0.939 bits per heavy atom. The van der Waals surface area contributed by atoms with Gasteiger partial charge in [-0.15, -0.1) is 0 Å². The molecule has 0 aliphatic rings. The first-order chi connectivity index (χ1) is 15.8. The smallest absolute Gasteiger partial charge is 0.255 e. The molecule has 3 aromatic carbocycles. The van der Waals surface area contributed by atoms with Crippen LogP contribution in [0.5, 0.6) is 0 Å². The molecule has 1 heterocycles. The van der Waals surface area contributed by atoms with Gasteiger partial charge in [0.25, 0.3) is 11.8 Å². The number of nitrogens with zero attached hydrogens (tertiary/aromatic N) is 2. The fourth-order valence-electron chi connectivity index (χ4n) is 3.66. The van der Waals surface area contributed by atoms with Crippen molar-refractivity contribution in [1.29, 1.82) is 0 Å². The van der Waals surface area contributed by atoms with E-state index in [1.165, 1.54) is 6.33 Å². The lowest BCUT2D eigenvalue weighted by molar-refractivity contribution is 0.0998. The van der Waals surface area contributed by atoms with Crippen molar-refractivity contribution in [3.8, 4) is 0 Å². The van der Waals surface area contributed by atoms with Gasteiger partial charge in [-0.25, -0.2) is 9.97 Å². The molecule has 0 fully saturated rings. The molecule has 0 bridgehead atoms. The number of nitrogens with two attached hydrogens (primary N) is 1. The third-order valence-electron chi connectivity index (χ3n) is 5.70. The Hall–Kier alpha value is -4.26. The maximum Gasteiger partial charge on any atom is 0.255 e. The summed E-state index contributed by atoms with van der Waals surface area (Å²) in [6, 6.07) is 18.4. The van der Waals surface area contributed by atoms with Gasteiger partial charge in [-0.2, -0.15) is 0 Å². The number of primary amides is 1. The summed E-state index contributed by atoms with van der Waals surface area (Å²) in [6.45, 7) is 6.00. The van der Waals surface area contributed by atoms with Crippen molar-refractivity contribution in [3.63, 3.8) is 0 Å². The van der Waals surface area contributed by atoms with Crippen LogP contribution < -0.4 is 16.4 Å². The van der Waals surface area contributed by atoms with Crippen molar-refractivity contribution in [2.75, 3.05) is 10.6 Å². The summed E-state index contributed by atoms with van der Waals surface area (Å²) in [5.74, 6) is -0.0951. The van der Waals surface area contributed by atoms with E-state index in [0.29, 0.717) is 33.5 Å². The molecule has 0 radical (unpaired) electrons. The van der Waals surface area contributed by atoms with Crippen molar-refractivity contribution in [1.82, 2.24) is 9.97 Å². The van der Waals surface area contributed by atoms with Gasteiger partial charge in [0.2, 0.25) is 0 Å². The third-order valence-corrected chi connectivity index (χ3v) is 5.70. The first kappa shape index (κ1) is 22.0. The number of fused-ring (bicyclic) bond motifs is 1. The Labute approximate surface area is 192 Å². The average molecular weight is 440 g/mol. The number of aryl methyl sites for hydroxylation is 2. The van der Waals surface area contributed by atoms with E-state index in [1.807, 2.05) is 69.3 Å². The van der Waals surface area contributed by atoms with Gasteiger partial charge in [0, 0.05) is 16.6 Å². The third kappa shape index (κ3) is 4.67. The van der Waals surface area contributed by atoms with Crippen LogP contribution in [0.15, 0.2) is 67.0 Å². The molecule has 2 amide bonds. The van der Waals surface area contributed by atoms with Crippen LogP contribution in [0.4, 0.5) is 11.5 Å². The van der Waals surface area contributed by atoms with E-state index in [9.17, 15) is 9.59 Å². The zero-order valence-corrected chi connectivity index (χ0v) is 18.7. The van der Waals surface area contributed by atoms with E-state index >= 15 is 0 Å². The lowest BCUT2D eigenvalue weighted by atomic mass is 10.0. The number of nitrogens with one attached hydrogen (secondary N) is 2. The summed E-state index contributed by atoms with van der Waals surface area (Å²) in [6.07, 6.45) is 1.41. The number of amides is 2. The van der Waals surface area contributed by atoms with Gasteiger partial charge < -0.3 is 16.4 Å². The number of para-hydroxylation sites is 1. The highest BCUT2D eigenvalue weighted by Gasteiger charge is 2.14. The first-order valence-electron chi connectivity index (χ1n) is 10.6. The van der Waals surface area contributed by atoms with E-state index in [1.54, 1.807) is 12.1 Å². The second kappa shape index (κ2) is 9.08. The Morgan fingerprint density at radius 3 is 2.48 bits per heavy atom. The molecular formula is C26H25N5O2. The van der Waals surface area contributed by atoms with E-state index in [2.05, 4.69) is 20.6 Å². The van der Waals surface area contributed by atoms with Crippen LogP contribution in [0.1, 0.15) is 50.4 Å². The standard InChI is InChI=1S/C26H25N5O2/c1-15-10-11-19(12-16(15)2)26(33)31-20-7-4-6-18(13-20)17(3)30-25-22-9-5-8-21(24(27)32)23(22)28-14-29-25/h4-14,17H,1-3H3,(H2,27,32)(H,31,33)(H,28,29,30)/t17-/m1/s1. The van der Waals surface area contributed by atoms with Gasteiger partial charge in [-0.05, 0) is 73.9 Å². The van der Waals surface area contributed by atoms with E-state index in [-0.39, 0.29) is 11.9 Å². The molecule has 4 aromatic rings. The molecule has 0 spiro atoms. The highest BCUT2D eigenvalue weighted by molar-refractivity contribution is 6.07. The lowest BCUT2D eigenvalue weighted by Gasteiger charge is -2.17. The Kier molecular flexibility index (Phi) is 6.04. The minimum atomic E-state index is -0.537. The number of anilines is 2. The number of hydrogen-bond acceptors (Lipinski definition) is 5. The number of hydrogen-bond donors (Lipinski definition) is 3. The predicted molar refractivity (Wildman–Crippen MR) is 130 cm³/mol. The summed E-state index contributed by atoms with van der Waals surface area (Å²) < 4.78 is 0. The molecule has 0 unspecified atom stereocenters. The summed E-state index contributed by atoms with van der Waals surface area (Å²) in [5, 5.41) is 7.06. The molecule has 4 N–H and O–H groups in total. The van der Waals surface area contributed by atoms with Gasteiger partial charge in [-0.3, -0.25) is 9.59 Å². The normalized spacial score (nSPS) is 11.7. The number of carbonyl (C=O) groups excluding carboxylic acids is 2. The number of carbonyl (C=O) groups is 2. The van der Waals surface area contributed by atoms with Crippen LogP contribution in [0.25, 0.3) is 10.9 Å². The fourth-order valence-corrected chi connectivity index (χ4v) is 3.66. The van der Waals surface area contributed by atoms with Crippen LogP contribution in [0.2, 0.25) is 0 Å². The Balaban J connectivity index is 1.55. The van der Waals surface area contributed by atoms with E-state index < -0.39 is 5.91 Å². The fraction of sp³-hybridized carbons (Fsp3) is 0.154. The highest BCUT2D eigenvalue weighted by Crippen LogP contribution is 2.27. The molecule has 7 nitrogen and oxygen atoms in total. The molecule has 4 rings (SSSR count).